The van der Waals surface area contributed by atoms with Gasteiger partial charge in [-0.05, 0) is 12.8 Å². The highest BCUT2D eigenvalue weighted by atomic mass is 15.0. The Morgan fingerprint density at radius 1 is 1.09 bits per heavy atom. The Hall–Kier alpha value is -0.770. The molecule has 0 aromatic carbocycles. The van der Waals surface area contributed by atoms with Crippen LogP contribution < -0.4 is 17.2 Å². The van der Waals surface area contributed by atoms with Crippen molar-refractivity contribution in [2.75, 3.05) is 13.1 Å². The van der Waals surface area contributed by atoms with Crippen molar-refractivity contribution in [2.24, 2.45) is 16.5 Å². The van der Waals surface area contributed by atoms with E-state index in [-0.39, 0.29) is 5.96 Å². The molecule has 0 spiro atoms. The van der Waals surface area contributed by atoms with E-state index < -0.39 is 0 Å². The van der Waals surface area contributed by atoms with Crippen LogP contribution in [0.1, 0.15) is 25.7 Å². The summed E-state index contributed by atoms with van der Waals surface area (Å²) in [7, 11) is 0. The van der Waals surface area contributed by atoms with Crippen LogP contribution in [-0.4, -0.2) is 19.0 Å². The fraction of sp³-hybridized carbons (Fsp3) is 0.857. The summed E-state index contributed by atoms with van der Waals surface area (Å²) in [6.45, 7) is 1.25. The number of hydrogen-bond acceptors (Lipinski definition) is 1. The Morgan fingerprint density at radius 3 is 2.27 bits per heavy atom. The number of nitrogens with one attached hydrogen (secondary N) is 1. The lowest BCUT2D eigenvalue weighted by Gasteiger charge is -1.96. The van der Waals surface area contributed by atoms with Crippen molar-refractivity contribution in [1.82, 2.24) is 5.73 Å². The average molecular weight is 157 g/mol. The van der Waals surface area contributed by atoms with Crippen molar-refractivity contribution in [2.45, 2.75) is 25.7 Å². The Balaban J connectivity index is 2.97. The first kappa shape index (κ1) is 10.2. The third-order valence-electron chi connectivity index (χ3n) is 1.38. The monoisotopic (exact) mass is 157 g/mol. The minimum Gasteiger partial charge on any atom is -0.370 e. The number of hydrogen-bond donors (Lipinski definition) is 2. The molecule has 0 rings (SSSR count). The highest BCUT2D eigenvalue weighted by Gasteiger charge is 1.87. The van der Waals surface area contributed by atoms with Crippen LogP contribution in [0.5, 0.6) is 0 Å². The summed E-state index contributed by atoms with van der Waals surface area (Å²) in [5.74, 6) is 0.172. The smallest absolute Gasteiger partial charge is 0.185 e. The minimum absolute atomic E-state index is 0.172. The molecule has 0 aliphatic rings. The summed E-state index contributed by atoms with van der Waals surface area (Å²) in [6, 6.07) is 0. The van der Waals surface area contributed by atoms with Gasteiger partial charge >= 0.3 is 0 Å². The van der Waals surface area contributed by atoms with Crippen LogP contribution in [0.15, 0.2) is 4.99 Å². The fourth-order valence-corrected chi connectivity index (χ4v) is 0.799. The van der Waals surface area contributed by atoms with Gasteiger partial charge in [-0.15, -0.1) is 0 Å². The zero-order chi connectivity index (χ0) is 8.53. The SMILES string of the molecule is [NH]CCCCCCN=C(N)N. The standard InChI is InChI=1S/C7H17N4/c8-5-3-1-2-4-6-11-7(9)10/h8H,1-6H2,(H4,9,10,11). The largest absolute Gasteiger partial charge is 0.370 e. The van der Waals surface area contributed by atoms with Crippen molar-refractivity contribution >= 4 is 5.96 Å². The van der Waals surface area contributed by atoms with Gasteiger partial charge in [0.1, 0.15) is 0 Å². The van der Waals surface area contributed by atoms with Crippen LogP contribution in [0, 0.1) is 0 Å². The van der Waals surface area contributed by atoms with Gasteiger partial charge in [-0.25, -0.2) is 0 Å². The van der Waals surface area contributed by atoms with E-state index in [4.69, 9.17) is 17.2 Å². The average Bonchev–Trinajstić information content (AvgIpc) is 1.96. The molecule has 0 amide bonds. The number of nitrogens with two attached hydrogens (primary N) is 2. The molecule has 0 heterocycles. The predicted molar refractivity (Wildman–Crippen MR) is 47.1 cm³/mol. The van der Waals surface area contributed by atoms with Crippen LogP contribution in [-0.2, 0) is 0 Å². The lowest BCUT2D eigenvalue weighted by atomic mass is 10.2. The molecular formula is C7H17N4. The topological polar surface area (TPSA) is 88.2 Å². The number of unbranched alkanes of at least 4 members (excludes halogenated alkanes) is 3. The number of rotatable bonds is 6. The fourth-order valence-electron chi connectivity index (χ4n) is 0.799. The van der Waals surface area contributed by atoms with Crippen molar-refractivity contribution < 1.29 is 0 Å². The van der Waals surface area contributed by atoms with Crippen molar-refractivity contribution in [1.29, 1.82) is 0 Å². The molecule has 11 heavy (non-hydrogen) atoms. The first-order valence-corrected chi connectivity index (χ1v) is 3.97. The van der Waals surface area contributed by atoms with Crippen LogP contribution >= 0.6 is 0 Å². The molecule has 4 nitrogen and oxygen atoms in total. The molecule has 0 bridgehead atoms. The summed E-state index contributed by atoms with van der Waals surface area (Å²) >= 11 is 0. The molecular weight excluding hydrogens is 140 g/mol. The van der Waals surface area contributed by atoms with E-state index in [9.17, 15) is 0 Å². The first-order chi connectivity index (χ1) is 5.27. The van der Waals surface area contributed by atoms with Gasteiger partial charge in [-0.1, -0.05) is 12.8 Å². The van der Waals surface area contributed by atoms with E-state index in [1.54, 1.807) is 0 Å². The number of aliphatic imine (C=N–C) groups is 1. The van der Waals surface area contributed by atoms with Gasteiger partial charge in [0.2, 0.25) is 0 Å². The van der Waals surface area contributed by atoms with Gasteiger partial charge in [0.05, 0.1) is 0 Å². The molecule has 65 valence electrons. The van der Waals surface area contributed by atoms with Crippen molar-refractivity contribution in [3.8, 4) is 0 Å². The second-order valence-corrected chi connectivity index (χ2v) is 2.47. The van der Waals surface area contributed by atoms with Gasteiger partial charge in [-0.3, -0.25) is 10.7 Å². The molecule has 0 aliphatic carbocycles. The highest BCUT2D eigenvalue weighted by molar-refractivity contribution is 5.75. The van der Waals surface area contributed by atoms with E-state index in [1.807, 2.05) is 0 Å². The van der Waals surface area contributed by atoms with Crippen molar-refractivity contribution in [3.63, 3.8) is 0 Å². The normalized spacial score (nSPS) is 9.55. The van der Waals surface area contributed by atoms with Crippen LogP contribution in [0.4, 0.5) is 0 Å². The highest BCUT2D eigenvalue weighted by Crippen LogP contribution is 1.98. The molecule has 0 aliphatic heterocycles. The summed E-state index contributed by atoms with van der Waals surface area (Å²) in [5.41, 5.74) is 17.1. The zero-order valence-corrected chi connectivity index (χ0v) is 6.84. The number of guanidine groups is 1. The predicted octanol–water partition coefficient (Wildman–Crippen LogP) is 0.103. The van der Waals surface area contributed by atoms with Crippen LogP contribution in [0.25, 0.3) is 0 Å². The zero-order valence-electron chi connectivity index (χ0n) is 6.84. The molecule has 0 aromatic rings. The molecule has 5 N–H and O–H groups in total. The van der Waals surface area contributed by atoms with E-state index in [0.717, 1.165) is 32.2 Å². The second-order valence-electron chi connectivity index (χ2n) is 2.47. The number of nitrogens with zero attached hydrogens (tertiary/aromatic N) is 1. The maximum absolute atomic E-state index is 6.88. The molecule has 0 saturated heterocycles. The Bertz CT molecular complexity index is 107. The molecule has 0 fully saturated rings. The van der Waals surface area contributed by atoms with Gasteiger partial charge in [0, 0.05) is 13.1 Å². The van der Waals surface area contributed by atoms with Gasteiger partial charge in [0.25, 0.3) is 0 Å². The van der Waals surface area contributed by atoms with E-state index in [1.165, 1.54) is 0 Å². The maximum Gasteiger partial charge on any atom is 0.185 e. The molecule has 1 radical (unpaired) electrons. The Labute approximate surface area is 67.8 Å². The second kappa shape index (κ2) is 7.34. The third kappa shape index (κ3) is 9.23. The maximum atomic E-state index is 6.88. The molecule has 0 aromatic heterocycles. The summed E-state index contributed by atoms with van der Waals surface area (Å²) in [4.78, 5) is 3.85. The third-order valence-corrected chi connectivity index (χ3v) is 1.38. The van der Waals surface area contributed by atoms with Gasteiger partial charge in [0.15, 0.2) is 5.96 Å². The molecule has 0 atom stereocenters. The van der Waals surface area contributed by atoms with Crippen LogP contribution in [0.3, 0.4) is 0 Å². The lowest BCUT2D eigenvalue weighted by Crippen LogP contribution is -2.22. The first-order valence-electron chi connectivity index (χ1n) is 3.97. The van der Waals surface area contributed by atoms with Crippen LogP contribution in [0.2, 0.25) is 0 Å². The molecule has 4 heteroatoms. The Kier molecular flexibility index (Phi) is 6.82. The van der Waals surface area contributed by atoms with Gasteiger partial charge < -0.3 is 11.5 Å². The quantitative estimate of drug-likeness (QED) is 0.325. The summed E-state index contributed by atoms with van der Waals surface area (Å²) in [6.07, 6.45) is 4.25. The van der Waals surface area contributed by atoms with Gasteiger partial charge in [-0.2, -0.15) is 0 Å². The van der Waals surface area contributed by atoms with E-state index in [0.29, 0.717) is 6.54 Å². The summed E-state index contributed by atoms with van der Waals surface area (Å²) < 4.78 is 0. The molecule has 0 saturated carbocycles. The Morgan fingerprint density at radius 2 is 1.73 bits per heavy atom. The molecule has 0 unspecified atom stereocenters. The van der Waals surface area contributed by atoms with E-state index in [2.05, 4.69) is 4.99 Å². The minimum atomic E-state index is 0.172. The lowest BCUT2D eigenvalue weighted by molar-refractivity contribution is 0.649. The van der Waals surface area contributed by atoms with E-state index >= 15 is 0 Å². The van der Waals surface area contributed by atoms with Crippen molar-refractivity contribution in [3.05, 3.63) is 0 Å². The summed E-state index contributed by atoms with van der Waals surface area (Å²) in [5, 5.41) is 0.